The topological polar surface area (TPSA) is 65.0 Å². The molecule has 0 fully saturated rings. The van der Waals surface area contributed by atoms with Crippen molar-refractivity contribution in [3.8, 4) is 78.7 Å². The van der Waals surface area contributed by atoms with Crippen LogP contribution < -0.4 is 0 Å². The molecule has 0 saturated carbocycles. The Kier molecular flexibility index (Phi) is 8.58. The van der Waals surface area contributed by atoms with Gasteiger partial charge in [-0.15, -0.1) is 11.3 Å². The lowest BCUT2D eigenvalue weighted by Gasteiger charge is -2.30. The zero-order valence-corrected chi connectivity index (χ0v) is 41.4. The first kappa shape index (κ1) is 41.7. The van der Waals surface area contributed by atoms with Crippen LogP contribution in [0.2, 0.25) is 0 Å². The first-order valence-electron chi connectivity index (χ1n) is 25.7. The molecule has 352 valence electrons. The van der Waals surface area contributed by atoms with Crippen LogP contribution in [0, 0.1) is 0 Å². The molecule has 11 aromatic carbocycles. The van der Waals surface area contributed by atoms with Gasteiger partial charge in [-0.05, 0) is 109 Å². The maximum absolute atomic E-state index is 6.68. The predicted octanol–water partition coefficient (Wildman–Crippen LogP) is 18.7. The van der Waals surface area contributed by atoms with E-state index < -0.39 is 5.41 Å². The molecular weight excluding hydrogens is 947 g/mol. The monoisotopic (exact) mass is 985 g/mol. The van der Waals surface area contributed by atoms with E-state index in [2.05, 4.69) is 194 Å². The van der Waals surface area contributed by atoms with E-state index in [9.17, 15) is 0 Å². The van der Waals surface area contributed by atoms with Crippen LogP contribution in [0.25, 0.3) is 143 Å². The third-order valence-electron chi connectivity index (χ3n) is 16.2. The zero-order chi connectivity index (χ0) is 49.6. The van der Waals surface area contributed by atoms with Gasteiger partial charge < -0.3 is 8.83 Å². The van der Waals surface area contributed by atoms with Crippen molar-refractivity contribution in [3.63, 3.8) is 0 Å². The Labute approximate surface area is 439 Å². The summed E-state index contributed by atoms with van der Waals surface area (Å²) in [5, 5.41) is 6.24. The molecule has 0 atom stereocenters. The molecule has 0 unspecified atom stereocenters. The predicted molar refractivity (Wildman–Crippen MR) is 311 cm³/mol. The minimum absolute atomic E-state index is 0.392. The van der Waals surface area contributed by atoms with Crippen LogP contribution in [0.15, 0.2) is 245 Å². The number of hydrogen-bond acceptors (Lipinski definition) is 6. The van der Waals surface area contributed by atoms with E-state index in [0.29, 0.717) is 17.5 Å². The van der Waals surface area contributed by atoms with Crippen molar-refractivity contribution < 1.29 is 8.83 Å². The summed E-state index contributed by atoms with van der Waals surface area (Å²) in [7, 11) is 0. The number of fused-ring (bicyclic) bond motifs is 19. The molecule has 1 spiro atoms. The van der Waals surface area contributed by atoms with Gasteiger partial charge in [-0.2, -0.15) is 0 Å². The Morgan fingerprint density at radius 1 is 0.289 bits per heavy atom. The molecule has 0 amide bonds. The highest BCUT2D eigenvalue weighted by molar-refractivity contribution is 7.25. The van der Waals surface area contributed by atoms with Gasteiger partial charge in [0.1, 0.15) is 22.3 Å². The highest BCUT2D eigenvalue weighted by Gasteiger charge is 2.52. The van der Waals surface area contributed by atoms with E-state index in [4.69, 9.17) is 23.8 Å². The Balaban J connectivity index is 0.818. The lowest BCUT2D eigenvalue weighted by molar-refractivity contribution is 0.668. The average Bonchev–Trinajstić information content (AvgIpc) is 4.38. The second kappa shape index (κ2) is 15.6. The second-order valence-electron chi connectivity index (χ2n) is 20.0. The van der Waals surface area contributed by atoms with Gasteiger partial charge in [0, 0.05) is 58.4 Å². The van der Waals surface area contributed by atoms with Crippen LogP contribution in [0.4, 0.5) is 0 Å². The molecule has 2 aliphatic carbocycles. The Hall–Kier alpha value is -9.75. The van der Waals surface area contributed by atoms with Crippen molar-refractivity contribution in [3.05, 3.63) is 259 Å². The second-order valence-corrected chi connectivity index (χ2v) is 21.1. The molecule has 2 aliphatic rings. The van der Waals surface area contributed by atoms with Crippen molar-refractivity contribution in [1.29, 1.82) is 0 Å². The lowest BCUT2D eigenvalue weighted by Crippen LogP contribution is -2.25. The minimum atomic E-state index is -0.392. The quantitative estimate of drug-likeness (QED) is 0.172. The van der Waals surface area contributed by atoms with E-state index in [1.54, 1.807) is 11.3 Å². The van der Waals surface area contributed by atoms with Gasteiger partial charge in [-0.3, -0.25) is 0 Å². The fourth-order valence-corrected chi connectivity index (χ4v) is 14.2. The van der Waals surface area contributed by atoms with E-state index in [-0.39, 0.29) is 0 Å². The van der Waals surface area contributed by atoms with E-state index in [0.717, 1.165) is 77.1 Å². The first-order chi connectivity index (χ1) is 37.7. The highest BCUT2D eigenvalue weighted by Crippen LogP contribution is 2.64. The molecule has 6 heteroatoms. The number of thiophene rings is 1. The molecule has 0 N–H and O–H groups in total. The van der Waals surface area contributed by atoms with Crippen LogP contribution >= 0.6 is 11.3 Å². The standard InChI is InChI=1S/C70H39N3O2S/c1-6-24-53-44(15-1)45-16-2-7-25-54(45)70(53)55-26-8-3-17-46(55)63-43(20-11-27-56(63)70)41-35-33-40(34-36-41)42-37-38-58-52(39-42)65-50(22-13-30-60(65)75-58)68-71-67(49-21-12-29-59-64(49)47-18-4-9-28-57(47)74-59)72-69(73-68)51-23-14-32-62-66(51)48-19-5-10-31-61(48)76-62/h1-39H. The van der Waals surface area contributed by atoms with E-state index >= 15 is 0 Å². The van der Waals surface area contributed by atoms with E-state index in [1.165, 1.54) is 70.4 Å². The lowest BCUT2D eigenvalue weighted by atomic mass is 9.70. The SMILES string of the molecule is c1ccc2c(c1)-c1ccccc1C21c2ccccc2-c2c(-c3ccc(-c4ccc5oc6cccc(-c7nc(-c8cccc9oc%10ccccc%10c89)nc(-c8cccc9sc%10ccccc%10c89)n7)c6c5c4)cc3)cccc21. The Morgan fingerprint density at radius 2 is 0.737 bits per heavy atom. The van der Waals surface area contributed by atoms with Crippen molar-refractivity contribution in [2.45, 2.75) is 5.41 Å². The average molecular weight is 986 g/mol. The summed E-state index contributed by atoms with van der Waals surface area (Å²) >= 11 is 1.79. The molecule has 0 aliphatic heterocycles. The molecule has 76 heavy (non-hydrogen) atoms. The maximum Gasteiger partial charge on any atom is 0.164 e. The van der Waals surface area contributed by atoms with Crippen LogP contribution in [-0.2, 0) is 5.41 Å². The molecule has 17 rings (SSSR count). The fourth-order valence-electron chi connectivity index (χ4n) is 13.1. The number of para-hydroxylation sites is 1. The van der Waals surface area contributed by atoms with Crippen molar-refractivity contribution >= 4 is 75.4 Å². The summed E-state index contributed by atoms with van der Waals surface area (Å²) in [6, 6.07) is 85.0. The largest absolute Gasteiger partial charge is 0.456 e. The summed E-state index contributed by atoms with van der Waals surface area (Å²) in [6.45, 7) is 0. The number of benzene rings is 11. The van der Waals surface area contributed by atoms with Gasteiger partial charge in [-0.25, -0.2) is 15.0 Å². The zero-order valence-electron chi connectivity index (χ0n) is 40.6. The van der Waals surface area contributed by atoms with Gasteiger partial charge in [0.2, 0.25) is 0 Å². The third kappa shape index (κ3) is 5.71. The van der Waals surface area contributed by atoms with Crippen LogP contribution in [0.5, 0.6) is 0 Å². The van der Waals surface area contributed by atoms with E-state index in [1.807, 2.05) is 42.5 Å². The summed E-state index contributed by atoms with van der Waals surface area (Å²) in [4.78, 5) is 16.2. The number of nitrogens with zero attached hydrogens (tertiary/aromatic N) is 3. The molecule has 4 aromatic heterocycles. The fraction of sp³-hybridized carbons (Fsp3) is 0.0143. The summed E-state index contributed by atoms with van der Waals surface area (Å²) in [5.74, 6) is 1.73. The third-order valence-corrected chi connectivity index (χ3v) is 17.3. The summed E-state index contributed by atoms with van der Waals surface area (Å²) in [6.07, 6.45) is 0. The van der Waals surface area contributed by atoms with Gasteiger partial charge >= 0.3 is 0 Å². The van der Waals surface area contributed by atoms with Gasteiger partial charge in [0.05, 0.1) is 5.41 Å². The first-order valence-corrected chi connectivity index (χ1v) is 26.6. The molecule has 15 aromatic rings. The maximum atomic E-state index is 6.68. The smallest absolute Gasteiger partial charge is 0.164 e. The molecular formula is C70H39N3O2S. The summed E-state index contributed by atoms with van der Waals surface area (Å²) in [5.41, 5.74) is 20.7. The van der Waals surface area contributed by atoms with Crippen LogP contribution in [0.3, 0.4) is 0 Å². The molecule has 0 radical (unpaired) electrons. The number of furan rings is 2. The molecule has 4 heterocycles. The number of hydrogen-bond donors (Lipinski definition) is 0. The van der Waals surface area contributed by atoms with Crippen LogP contribution in [0.1, 0.15) is 22.3 Å². The van der Waals surface area contributed by atoms with Crippen LogP contribution in [-0.4, -0.2) is 15.0 Å². The molecule has 0 bridgehead atoms. The van der Waals surface area contributed by atoms with Crippen molar-refractivity contribution in [1.82, 2.24) is 15.0 Å². The highest BCUT2D eigenvalue weighted by atomic mass is 32.1. The number of rotatable bonds is 5. The minimum Gasteiger partial charge on any atom is -0.456 e. The molecule has 5 nitrogen and oxygen atoms in total. The Morgan fingerprint density at radius 3 is 1.43 bits per heavy atom. The van der Waals surface area contributed by atoms with Crippen molar-refractivity contribution in [2.75, 3.05) is 0 Å². The summed E-state index contributed by atoms with van der Waals surface area (Å²) < 4.78 is 15.5. The Bertz CT molecular complexity index is 4790. The van der Waals surface area contributed by atoms with Gasteiger partial charge in [0.25, 0.3) is 0 Å². The van der Waals surface area contributed by atoms with Gasteiger partial charge in [-0.1, -0.05) is 194 Å². The van der Waals surface area contributed by atoms with Gasteiger partial charge in [0.15, 0.2) is 17.5 Å². The number of aromatic nitrogens is 3. The molecule has 0 saturated heterocycles. The van der Waals surface area contributed by atoms with Crippen molar-refractivity contribution in [2.24, 2.45) is 0 Å². The normalized spacial score (nSPS) is 13.1.